The quantitative estimate of drug-likeness (QED) is 0.592. The third-order valence-corrected chi connectivity index (χ3v) is 5.48. The first kappa shape index (κ1) is 21.2. The summed E-state index contributed by atoms with van der Waals surface area (Å²) in [4.78, 5) is 30.3. The number of para-hydroxylation sites is 2. The Morgan fingerprint density at radius 3 is 1.94 bits per heavy atom. The third-order valence-electron chi connectivity index (χ3n) is 5.48. The smallest absolute Gasteiger partial charge is 0.255 e. The van der Waals surface area contributed by atoms with E-state index in [1.165, 1.54) is 9.80 Å². The highest BCUT2D eigenvalue weighted by molar-refractivity contribution is 6.15. The molecule has 0 aromatic heterocycles. The zero-order valence-corrected chi connectivity index (χ0v) is 18.1. The van der Waals surface area contributed by atoms with Crippen LogP contribution in [0, 0.1) is 0 Å². The van der Waals surface area contributed by atoms with Gasteiger partial charge in [-0.2, -0.15) is 0 Å². The molecule has 0 unspecified atom stereocenters. The van der Waals surface area contributed by atoms with Crippen molar-refractivity contribution in [2.45, 2.75) is 6.04 Å². The minimum Gasteiger partial charge on any atom is -0.497 e. The Bertz CT molecular complexity index is 1110. The summed E-state index contributed by atoms with van der Waals surface area (Å²) < 4.78 is 15.9. The minimum atomic E-state index is -0.847. The van der Waals surface area contributed by atoms with Crippen LogP contribution in [0.15, 0.2) is 72.8 Å². The molecule has 0 N–H and O–H groups in total. The van der Waals surface area contributed by atoms with Gasteiger partial charge < -0.3 is 14.2 Å². The molecule has 7 nitrogen and oxygen atoms in total. The van der Waals surface area contributed by atoms with E-state index in [1.807, 2.05) is 12.1 Å². The van der Waals surface area contributed by atoms with E-state index in [-0.39, 0.29) is 18.4 Å². The van der Waals surface area contributed by atoms with E-state index in [9.17, 15) is 9.59 Å². The minimum absolute atomic E-state index is 0.0993. The number of ether oxygens (including phenoxy) is 3. The highest BCUT2D eigenvalue weighted by Crippen LogP contribution is 2.38. The Morgan fingerprint density at radius 1 is 0.750 bits per heavy atom. The molecule has 0 bridgehead atoms. The summed E-state index contributed by atoms with van der Waals surface area (Å²) in [6.45, 7) is -0.0993. The number of carbonyl (C=O) groups is 2. The van der Waals surface area contributed by atoms with Gasteiger partial charge in [0, 0.05) is 5.69 Å². The third kappa shape index (κ3) is 3.85. The van der Waals surface area contributed by atoms with E-state index in [1.54, 1.807) is 82.0 Å². The largest absolute Gasteiger partial charge is 0.497 e. The molecule has 2 amide bonds. The van der Waals surface area contributed by atoms with Gasteiger partial charge in [-0.3, -0.25) is 19.4 Å². The summed E-state index contributed by atoms with van der Waals surface area (Å²) in [7, 11) is 4.70. The molecular weight excluding hydrogens is 408 g/mol. The Labute approximate surface area is 186 Å². The number of benzene rings is 3. The molecule has 32 heavy (non-hydrogen) atoms. The van der Waals surface area contributed by atoms with Gasteiger partial charge in [-0.05, 0) is 54.1 Å². The highest BCUT2D eigenvalue weighted by atomic mass is 16.5. The van der Waals surface area contributed by atoms with Crippen LogP contribution in [0.25, 0.3) is 0 Å². The lowest BCUT2D eigenvalue weighted by atomic mass is 9.99. The van der Waals surface area contributed by atoms with Gasteiger partial charge in [-0.1, -0.05) is 24.3 Å². The first-order valence-electron chi connectivity index (χ1n) is 10.1. The van der Waals surface area contributed by atoms with Crippen molar-refractivity contribution >= 4 is 23.2 Å². The van der Waals surface area contributed by atoms with Gasteiger partial charge in [0.1, 0.15) is 29.8 Å². The maximum atomic E-state index is 13.8. The molecule has 0 spiro atoms. The molecule has 7 heteroatoms. The second-order valence-electron chi connectivity index (χ2n) is 7.23. The second-order valence-corrected chi connectivity index (χ2v) is 7.23. The van der Waals surface area contributed by atoms with Crippen LogP contribution in [0.2, 0.25) is 0 Å². The van der Waals surface area contributed by atoms with Crippen molar-refractivity contribution in [3.63, 3.8) is 0 Å². The normalized spacial score (nSPS) is 16.2. The predicted octanol–water partition coefficient (Wildman–Crippen LogP) is 3.83. The van der Waals surface area contributed by atoms with Crippen molar-refractivity contribution in [3.05, 3.63) is 78.4 Å². The molecule has 1 heterocycles. The lowest BCUT2D eigenvalue weighted by Gasteiger charge is -2.40. The number of amides is 2. The van der Waals surface area contributed by atoms with E-state index >= 15 is 0 Å². The van der Waals surface area contributed by atoms with Gasteiger partial charge in [-0.15, -0.1) is 0 Å². The summed E-state index contributed by atoms with van der Waals surface area (Å²) in [6, 6.07) is 20.6. The van der Waals surface area contributed by atoms with Crippen LogP contribution >= 0.6 is 0 Å². The van der Waals surface area contributed by atoms with Crippen LogP contribution in [0.5, 0.6) is 17.2 Å². The molecule has 0 radical (unpaired) electrons. The number of hydrogen-bond acceptors (Lipinski definition) is 5. The molecule has 0 saturated carbocycles. The predicted molar refractivity (Wildman–Crippen MR) is 122 cm³/mol. The number of methoxy groups -OCH3 is 3. The average Bonchev–Trinajstić information content (AvgIpc) is 2.85. The number of rotatable bonds is 6. The molecule has 0 aliphatic carbocycles. The van der Waals surface area contributed by atoms with E-state index in [4.69, 9.17) is 14.2 Å². The molecule has 1 atom stereocenters. The van der Waals surface area contributed by atoms with Crippen LogP contribution in [-0.2, 0) is 9.59 Å². The molecule has 1 aliphatic rings. The number of piperazine rings is 1. The summed E-state index contributed by atoms with van der Waals surface area (Å²) in [5, 5.41) is 0. The Kier molecular flexibility index (Phi) is 5.98. The fourth-order valence-electron chi connectivity index (χ4n) is 3.86. The number of anilines is 2. The van der Waals surface area contributed by atoms with Gasteiger partial charge in [0.25, 0.3) is 5.91 Å². The Hall–Kier alpha value is -4.00. The zero-order chi connectivity index (χ0) is 22.7. The second kappa shape index (κ2) is 9.01. The van der Waals surface area contributed by atoms with E-state index in [0.29, 0.717) is 34.2 Å². The SMILES string of the molecule is COc1ccc([C@@H]2C(=O)N(c3ccccc3OC)CC(=O)N2c2ccc(OC)cc2)cc1. The lowest BCUT2D eigenvalue weighted by molar-refractivity contribution is -0.128. The van der Waals surface area contributed by atoms with Gasteiger partial charge in [-0.25, -0.2) is 0 Å². The summed E-state index contributed by atoms with van der Waals surface area (Å²) >= 11 is 0. The Morgan fingerprint density at radius 2 is 1.34 bits per heavy atom. The molecule has 164 valence electrons. The van der Waals surface area contributed by atoms with Crippen molar-refractivity contribution < 1.29 is 23.8 Å². The summed E-state index contributed by atoms with van der Waals surface area (Å²) in [5.41, 5.74) is 1.85. The fraction of sp³-hybridized carbons (Fsp3) is 0.200. The molecule has 4 rings (SSSR count). The van der Waals surface area contributed by atoms with Crippen LogP contribution in [0.3, 0.4) is 0 Å². The van der Waals surface area contributed by atoms with E-state index in [2.05, 4.69) is 0 Å². The molecular formula is C25H24N2O5. The zero-order valence-electron chi connectivity index (χ0n) is 18.1. The monoisotopic (exact) mass is 432 g/mol. The van der Waals surface area contributed by atoms with Crippen molar-refractivity contribution in [1.29, 1.82) is 0 Å². The summed E-state index contributed by atoms with van der Waals surface area (Å²) in [6.07, 6.45) is 0. The number of nitrogens with zero attached hydrogens (tertiary/aromatic N) is 2. The highest BCUT2D eigenvalue weighted by Gasteiger charge is 2.42. The lowest BCUT2D eigenvalue weighted by Crippen LogP contribution is -2.56. The van der Waals surface area contributed by atoms with Gasteiger partial charge in [0.15, 0.2) is 0 Å². The molecule has 3 aromatic rings. The summed E-state index contributed by atoms with van der Waals surface area (Å²) in [5.74, 6) is 1.43. The van der Waals surface area contributed by atoms with Crippen molar-refractivity contribution in [3.8, 4) is 17.2 Å². The number of carbonyl (C=O) groups excluding carboxylic acids is 2. The van der Waals surface area contributed by atoms with Crippen LogP contribution in [-0.4, -0.2) is 39.7 Å². The topological polar surface area (TPSA) is 68.3 Å². The van der Waals surface area contributed by atoms with Crippen molar-refractivity contribution in [2.24, 2.45) is 0 Å². The van der Waals surface area contributed by atoms with E-state index in [0.717, 1.165) is 0 Å². The molecule has 1 aliphatic heterocycles. The van der Waals surface area contributed by atoms with Crippen LogP contribution in [0.4, 0.5) is 11.4 Å². The fourth-order valence-corrected chi connectivity index (χ4v) is 3.86. The van der Waals surface area contributed by atoms with Gasteiger partial charge >= 0.3 is 0 Å². The van der Waals surface area contributed by atoms with Crippen molar-refractivity contribution in [2.75, 3.05) is 37.7 Å². The van der Waals surface area contributed by atoms with Crippen molar-refractivity contribution in [1.82, 2.24) is 0 Å². The standard InChI is InChI=1S/C25H24N2O5/c1-30-19-12-8-17(9-13-19)24-25(29)26(21-6-4-5-7-22(21)32-3)16-23(28)27(24)18-10-14-20(31-2)15-11-18/h4-15,24H,16H2,1-3H3/t24-/m1/s1. The van der Waals surface area contributed by atoms with E-state index < -0.39 is 6.04 Å². The molecule has 1 fully saturated rings. The molecule has 1 saturated heterocycles. The van der Waals surface area contributed by atoms with Gasteiger partial charge in [0.2, 0.25) is 5.91 Å². The first-order chi connectivity index (χ1) is 15.6. The Balaban J connectivity index is 1.81. The maximum absolute atomic E-state index is 13.8. The molecule has 3 aromatic carbocycles. The first-order valence-corrected chi connectivity index (χ1v) is 10.1. The number of hydrogen-bond donors (Lipinski definition) is 0. The maximum Gasteiger partial charge on any atom is 0.255 e. The van der Waals surface area contributed by atoms with Crippen LogP contribution < -0.4 is 24.0 Å². The van der Waals surface area contributed by atoms with Crippen LogP contribution in [0.1, 0.15) is 11.6 Å². The van der Waals surface area contributed by atoms with Gasteiger partial charge in [0.05, 0.1) is 27.0 Å². The average molecular weight is 432 g/mol.